The Balaban J connectivity index is 2.24. The summed E-state index contributed by atoms with van der Waals surface area (Å²) in [7, 11) is 4.45. The molecule has 2 unspecified atom stereocenters. The monoisotopic (exact) mass is 319 g/mol. The zero-order chi connectivity index (χ0) is 17.0. The Kier molecular flexibility index (Phi) is 5.26. The maximum absolute atomic E-state index is 12.2. The summed E-state index contributed by atoms with van der Waals surface area (Å²) in [5.41, 5.74) is 1.43. The molecular formula is C17H21NO5. The van der Waals surface area contributed by atoms with Crippen molar-refractivity contribution in [3.63, 3.8) is 0 Å². The predicted octanol–water partition coefficient (Wildman–Crippen LogP) is 2.40. The fourth-order valence-corrected chi connectivity index (χ4v) is 2.71. The van der Waals surface area contributed by atoms with Gasteiger partial charge in [0.25, 0.3) is 0 Å². The first kappa shape index (κ1) is 16.9. The molecule has 1 N–H and O–H groups in total. The van der Waals surface area contributed by atoms with E-state index in [4.69, 9.17) is 14.2 Å². The van der Waals surface area contributed by atoms with Crippen molar-refractivity contribution in [2.24, 2.45) is 11.8 Å². The lowest BCUT2D eigenvalue weighted by Crippen LogP contribution is -2.34. The van der Waals surface area contributed by atoms with Crippen LogP contribution in [0.25, 0.3) is 0 Å². The molecule has 2 rings (SSSR count). The molecule has 1 aromatic rings. The van der Waals surface area contributed by atoms with E-state index in [0.29, 0.717) is 23.6 Å². The summed E-state index contributed by atoms with van der Waals surface area (Å²) < 4.78 is 15.2. The van der Waals surface area contributed by atoms with Crippen LogP contribution in [-0.2, 0) is 14.3 Å². The number of esters is 1. The minimum absolute atomic E-state index is 0.140. The van der Waals surface area contributed by atoms with Crippen LogP contribution in [0.3, 0.4) is 0 Å². The van der Waals surface area contributed by atoms with Crippen molar-refractivity contribution in [3.8, 4) is 11.5 Å². The Bertz CT molecular complexity index is 638. The molecule has 1 aliphatic rings. The summed E-state index contributed by atoms with van der Waals surface area (Å²) in [6.07, 6.45) is 2.02. The van der Waals surface area contributed by atoms with Gasteiger partial charge in [0.2, 0.25) is 0 Å². The van der Waals surface area contributed by atoms with Gasteiger partial charge in [0.15, 0.2) is 5.78 Å². The molecule has 0 heterocycles. The van der Waals surface area contributed by atoms with Crippen LogP contribution in [0.1, 0.15) is 13.3 Å². The number of carbonyl (C=O) groups is 2. The first-order valence-electron chi connectivity index (χ1n) is 7.31. The summed E-state index contributed by atoms with van der Waals surface area (Å²) in [6.45, 7) is 1.86. The Morgan fingerprint density at radius 1 is 1.22 bits per heavy atom. The van der Waals surface area contributed by atoms with Crippen LogP contribution in [0, 0.1) is 11.8 Å². The Morgan fingerprint density at radius 3 is 2.52 bits per heavy atom. The second-order valence-electron chi connectivity index (χ2n) is 5.45. The van der Waals surface area contributed by atoms with Crippen LogP contribution in [0.15, 0.2) is 30.0 Å². The molecule has 6 heteroatoms. The Hall–Kier alpha value is -2.50. The molecule has 23 heavy (non-hydrogen) atoms. The van der Waals surface area contributed by atoms with E-state index in [0.717, 1.165) is 5.70 Å². The van der Waals surface area contributed by atoms with Crippen molar-refractivity contribution in [1.29, 1.82) is 0 Å². The average molecular weight is 319 g/mol. The number of ether oxygens (including phenoxy) is 3. The number of hydrogen-bond donors (Lipinski definition) is 1. The van der Waals surface area contributed by atoms with Crippen molar-refractivity contribution in [2.45, 2.75) is 13.3 Å². The number of methoxy groups -OCH3 is 3. The number of carbonyl (C=O) groups excluding carboxylic acids is 2. The molecule has 0 amide bonds. The SMILES string of the molecule is COC(=O)C1C(=O)C=C(Nc2cc(OC)ccc2OC)CC1C. The summed E-state index contributed by atoms with van der Waals surface area (Å²) in [6, 6.07) is 5.37. The minimum atomic E-state index is -0.738. The van der Waals surface area contributed by atoms with E-state index in [9.17, 15) is 9.59 Å². The molecule has 1 aromatic carbocycles. The highest BCUT2D eigenvalue weighted by molar-refractivity contribution is 6.06. The molecule has 0 bridgehead atoms. The molecule has 0 saturated carbocycles. The second-order valence-corrected chi connectivity index (χ2v) is 5.45. The molecule has 0 saturated heterocycles. The molecule has 0 spiro atoms. The van der Waals surface area contributed by atoms with Crippen LogP contribution < -0.4 is 14.8 Å². The standard InChI is InChI=1S/C17H21NO5/c1-10-7-11(8-14(19)16(10)17(20)23-4)18-13-9-12(21-2)5-6-15(13)22-3/h5-6,8-10,16,18H,7H2,1-4H3. The van der Waals surface area contributed by atoms with Gasteiger partial charge >= 0.3 is 5.97 Å². The summed E-state index contributed by atoms with van der Waals surface area (Å²) >= 11 is 0. The lowest BCUT2D eigenvalue weighted by atomic mass is 9.82. The highest BCUT2D eigenvalue weighted by Crippen LogP contribution is 2.33. The number of hydrogen-bond acceptors (Lipinski definition) is 6. The van der Waals surface area contributed by atoms with E-state index in [1.165, 1.54) is 13.2 Å². The van der Waals surface area contributed by atoms with Gasteiger partial charge < -0.3 is 19.5 Å². The van der Waals surface area contributed by atoms with Crippen molar-refractivity contribution < 1.29 is 23.8 Å². The van der Waals surface area contributed by atoms with Crippen LogP contribution in [0.4, 0.5) is 5.69 Å². The molecule has 0 fully saturated rings. The highest BCUT2D eigenvalue weighted by atomic mass is 16.5. The average Bonchev–Trinajstić information content (AvgIpc) is 2.53. The number of rotatable bonds is 5. The minimum Gasteiger partial charge on any atom is -0.497 e. The largest absolute Gasteiger partial charge is 0.497 e. The van der Waals surface area contributed by atoms with E-state index in [-0.39, 0.29) is 11.7 Å². The first-order chi connectivity index (χ1) is 11.0. The zero-order valence-corrected chi connectivity index (χ0v) is 13.7. The number of ketones is 1. The molecule has 0 aromatic heterocycles. The molecular weight excluding hydrogens is 298 g/mol. The number of benzene rings is 1. The molecule has 2 atom stereocenters. The van der Waals surface area contributed by atoms with Gasteiger partial charge in [0.05, 0.1) is 27.0 Å². The topological polar surface area (TPSA) is 73.9 Å². The van der Waals surface area contributed by atoms with E-state index in [1.54, 1.807) is 32.4 Å². The fraction of sp³-hybridized carbons (Fsp3) is 0.412. The van der Waals surface area contributed by atoms with E-state index < -0.39 is 11.9 Å². The van der Waals surface area contributed by atoms with Crippen molar-refractivity contribution in [3.05, 3.63) is 30.0 Å². The Morgan fingerprint density at radius 2 is 1.96 bits per heavy atom. The highest BCUT2D eigenvalue weighted by Gasteiger charge is 2.35. The molecule has 124 valence electrons. The van der Waals surface area contributed by atoms with Gasteiger partial charge in [-0.15, -0.1) is 0 Å². The second kappa shape index (κ2) is 7.17. The normalized spacial score (nSPS) is 20.5. The van der Waals surface area contributed by atoms with Crippen LogP contribution in [0.5, 0.6) is 11.5 Å². The van der Waals surface area contributed by atoms with Gasteiger partial charge in [-0.1, -0.05) is 6.92 Å². The van der Waals surface area contributed by atoms with E-state index >= 15 is 0 Å². The van der Waals surface area contributed by atoms with Crippen molar-refractivity contribution in [1.82, 2.24) is 0 Å². The van der Waals surface area contributed by atoms with Gasteiger partial charge in [0, 0.05) is 17.8 Å². The van der Waals surface area contributed by atoms with Gasteiger partial charge in [-0.2, -0.15) is 0 Å². The van der Waals surface area contributed by atoms with Gasteiger partial charge in [-0.05, 0) is 24.5 Å². The molecule has 0 radical (unpaired) electrons. The third kappa shape index (κ3) is 3.64. The molecule has 1 aliphatic carbocycles. The molecule has 6 nitrogen and oxygen atoms in total. The van der Waals surface area contributed by atoms with E-state index in [2.05, 4.69) is 5.32 Å². The smallest absolute Gasteiger partial charge is 0.316 e. The van der Waals surface area contributed by atoms with Crippen LogP contribution >= 0.6 is 0 Å². The number of anilines is 1. The lowest BCUT2D eigenvalue weighted by Gasteiger charge is -2.26. The summed E-state index contributed by atoms with van der Waals surface area (Å²) in [5.74, 6) is -0.299. The summed E-state index contributed by atoms with van der Waals surface area (Å²) in [4.78, 5) is 23.9. The van der Waals surface area contributed by atoms with Gasteiger partial charge in [-0.25, -0.2) is 0 Å². The van der Waals surface area contributed by atoms with E-state index in [1.807, 2.05) is 6.92 Å². The van der Waals surface area contributed by atoms with Gasteiger partial charge in [-0.3, -0.25) is 9.59 Å². The maximum atomic E-state index is 12.2. The van der Waals surface area contributed by atoms with Crippen molar-refractivity contribution >= 4 is 17.4 Å². The quantitative estimate of drug-likeness (QED) is 0.663. The van der Waals surface area contributed by atoms with Crippen LogP contribution in [0.2, 0.25) is 0 Å². The third-order valence-electron chi connectivity index (χ3n) is 3.89. The van der Waals surface area contributed by atoms with Crippen molar-refractivity contribution in [2.75, 3.05) is 26.6 Å². The lowest BCUT2D eigenvalue weighted by molar-refractivity contribution is -0.150. The number of nitrogens with one attached hydrogen (secondary N) is 1. The molecule has 0 aliphatic heterocycles. The zero-order valence-electron chi connectivity index (χ0n) is 13.7. The van der Waals surface area contributed by atoms with Crippen LogP contribution in [-0.4, -0.2) is 33.1 Å². The predicted molar refractivity (Wildman–Crippen MR) is 85.5 cm³/mol. The third-order valence-corrected chi connectivity index (χ3v) is 3.89. The fourth-order valence-electron chi connectivity index (χ4n) is 2.71. The Labute approximate surface area is 135 Å². The maximum Gasteiger partial charge on any atom is 0.316 e. The summed E-state index contributed by atoms with van der Waals surface area (Å²) in [5, 5.41) is 3.20. The number of allylic oxidation sites excluding steroid dienone is 2. The first-order valence-corrected chi connectivity index (χ1v) is 7.31. The van der Waals surface area contributed by atoms with Gasteiger partial charge in [0.1, 0.15) is 17.4 Å².